The maximum Gasteiger partial charge on any atom is 0.312 e. The third kappa shape index (κ3) is 9.98. The monoisotopic (exact) mass is 460 g/mol. The Morgan fingerprint density at radius 3 is 1.87 bits per heavy atom. The summed E-state index contributed by atoms with van der Waals surface area (Å²) >= 11 is 11.4. The van der Waals surface area contributed by atoms with E-state index in [0.717, 1.165) is 6.42 Å². The average molecular weight is 461 g/mol. The minimum absolute atomic E-state index is 0.120. The molecule has 0 aliphatic rings. The Morgan fingerprint density at radius 1 is 0.867 bits per heavy atom. The van der Waals surface area contributed by atoms with Crippen LogP contribution in [0.5, 0.6) is 11.5 Å². The number of rotatable bonds is 11. The van der Waals surface area contributed by atoms with Gasteiger partial charge in [-0.05, 0) is 30.3 Å². The van der Waals surface area contributed by atoms with Crippen LogP contribution in [0.25, 0.3) is 0 Å². The van der Waals surface area contributed by atoms with Crippen molar-refractivity contribution in [3.8, 4) is 11.5 Å². The molecule has 2 aromatic carbocycles. The number of hydrogen-bond donors (Lipinski definition) is 1. The van der Waals surface area contributed by atoms with Gasteiger partial charge in [0.1, 0.15) is 5.75 Å². The molecular weight excluding hydrogens is 435 g/mol. The fourth-order valence-corrected chi connectivity index (χ4v) is 2.52. The van der Waals surface area contributed by atoms with Crippen LogP contribution in [0.3, 0.4) is 0 Å². The van der Waals surface area contributed by atoms with Crippen LogP contribution < -0.4 is 15.2 Å². The summed E-state index contributed by atoms with van der Waals surface area (Å²) in [4.78, 5) is 10.2. The molecule has 0 radical (unpaired) electrons. The number of nitrogen functional groups attached to an aromatic ring is 1. The number of ether oxygens (including phenoxy) is 4. The second-order valence-electron chi connectivity index (χ2n) is 5.94. The molecule has 0 unspecified atom stereocenters. The van der Waals surface area contributed by atoms with Crippen LogP contribution >= 0.6 is 23.2 Å². The van der Waals surface area contributed by atoms with Gasteiger partial charge in [0.2, 0.25) is 0 Å². The maximum atomic E-state index is 10.7. The fraction of sp³-hybridized carbons (Fsp3) is 0.400. The van der Waals surface area contributed by atoms with Crippen molar-refractivity contribution >= 4 is 34.6 Å². The van der Waals surface area contributed by atoms with Gasteiger partial charge in [-0.2, -0.15) is 0 Å². The van der Waals surface area contributed by atoms with Crippen molar-refractivity contribution < 1.29 is 23.9 Å². The van der Waals surface area contributed by atoms with Crippen molar-refractivity contribution in [2.75, 3.05) is 46.4 Å². The third-order valence-electron chi connectivity index (χ3n) is 3.59. The van der Waals surface area contributed by atoms with E-state index in [-0.39, 0.29) is 11.4 Å². The summed E-state index contributed by atoms with van der Waals surface area (Å²) in [5.74, 6) is 0.899. The van der Waals surface area contributed by atoms with Crippen molar-refractivity contribution in [1.82, 2.24) is 0 Å². The van der Waals surface area contributed by atoms with Gasteiger partial charge in [-0.3, -0.25) is 10.1 Å². The van der Waals surface area contributed by atoms with Gasteiger partial charge in [-0.1, -0.05) is 23.2 Å². The molecule has 0 fully saturated rings. The van der Waals surface area contributed by atoms with Gasteiger partial charge in [-0.25, -0.2) is 0 Å². The predicted octanol–water partition coefficient (Wildman–Crippen LogP) is 5.00. The van der Waals surface area contributed by atoms with E-state index >= 15 is 0 Å². The zero-order valence-corrected chi connectivity index (χ0v) is 18.4. The van der Waals surface area contributed by atoms with E-state index in [1.54, 1.807) is 38.5 Å². The largest absolute Gasteiger partial charge is 0.491 e. The minimum atomic E-state index is -0.516. The molecule has 0 aliphatic heterocycles. The van der Waals surface area contributed by atoms with Crippen molar-refractivity contribution in [2.45, 2.75) is 12.8 Å². The molecule has 0 saturated carbocycles. The smallest absolute Gasteiger partial charge is 0.312 e. The SMILES string of the molecule is COCCCOc1ccc(Cl)cc1N.COCCCOc1ccc(Cl)cc1[N+](=O)[O-]. The highest BCUT2D eigenvalue weighted by Crippen LogP contribution is 2.29. The first-order valence-electron chi connectivity index (χ1n) is 9.11. The Bertz CT molecular complexity index is 792. The van der Waals surface area contributed by atoms with E-state index in [1.807, 2.05) is 0 Å². The fourth-order valence-electron chi connectivity index (χ4n) is 2.18. The summed E-state index contributed by atoms with van der Waals surface area (Å²) in [5.41, 5.74) is 6.14. The molecule has 8 nitrogen and oxygen atoms in total. The third-order valence-corrected chi connectivity index (χ3v) is 4.06. The number of methoxy groups -OCH3 is 2. The molecule has 0 heterocycles. The summed E-state index contributed by atoms with van der Waals surface area (Å²) in [7, 11) is 3.25. The van der Waals surface area contributed by atoms with Crippen LogP contribution in [0.1, 0.15) is 12.8 Å². The zero-order valence-electron chi connectivity index (χ0n) is 16.9. The normalized spacial score (nSPS) is 10.1. The second-order valence-corrected chi connectivity index (χ2v) is 6.81. The van der Waals surface area contributed by atoms with Crippen molar-refractivity contribution in [3.05, 3.63) is 56.6 Å². The molecule has 0 amide bonds. The molecular formula is C20H26Cl2N2O6. The van der Waals surface area contributed by atoms with E-state index in [0.29, 0.717) is 54.3 Å². The molecule has 30 heavy (non-hydrogen) atoms. The van der Waals surface area contributed by atoms with Crippen molar-refractivity contribution in [2.24, 2.45) is 0 Å². The highest BCUT2D eigenvalue weighted by molar-refractivity contribution is 6.31. The minimum Gasteiger partial charge on any atom is -0.491 e. The molecule has 2 aromatic rings. The Labute approximate surface area is 185 Å². The van der Waals surface area contributed by atoms with Crippen LogP contribution in [-0.4, -0.2) is 45.6 Å². The first-order valence-corrected chi connectivity index (χ1v) is 9.87. The van der Waals surface area contributed by atoms with Crippen LogP contribution in [0, 0.1) is 10.1 Å². The van der Waals surface area contributed by atoms with E-state index in [1.165, 1.54) is 12.1 Å². The van der Waals surface area contributed by atoms with Crippen LogP contribution in [0.15, 0.2) is 36.4 Å². The summed E-state index contributed by atoms with van der Waals surface area (Å²) in [5, 5.41) is 11.6. The number of anilines is 1. The number of nitrogens with two attached hydrogens (primary N) is 1. The second kappa shape index (κ2) is 14.7. The molecule has 0 spiro atoms. The van der Waals surface area contributed by atoms with Gasteiger partial charge in [0.25, 0.3) is 0 Å². The number of benzene rings is 2. The quantitative estimate of drug-likeness (QED) is 0.217. The lowest BCUT2D eigenvalue weighted by atomic mass is 10.3. The molecule has 0 aliphatic carbocycles. The highest BCUT2D eigenvalue weighted by Gasteiger charge is 2.15. The van der Waals surface area contributed by atoms with Gasteiger partial charge in [0.05, 0.1) is 23.8 Å². The Balaban J connectivity index is 0.000000303. The lowest BCUT2D eigenvalue weighted by Crippen LogP contribution is -2.03. The van der Waals surface area contributed by atoms with Gasteiger partial charge >= 0.3 is 5.69 Å². The molecule has 2 rings (SSSR count). The number of nitro benzene ring substituents is 1. The van der Waals surface area contributed by atoms with Crippen LogP contribution in [0.4, 0.5) is 11.4 Å². The van der Waals surface area contributed by atoms with Crippen molar-refractivity contribution in [3.63, 3.8) is 0 Å². The molecule has 0 atom stereocenters. The van der Waals surface area contributed by atoms with Gasteiger partial charge in [0, 0.05) is 56.4 Å². The molecule has 0 bridgehead atoms. The maximum absolute atomic E-state index is 10.7. The lowest BCUT2D eigenvalue weighted by Gasteiger charge is -2.08. The summed E-state index contributed by atoms with van der Waals surface area (Å²) in [6, 6.07) is 9.52. The summed E-state index contributed by atoms with van der Waals surface area (Å²) in [6.07, 6.45) is 1.52. The van der Waals surface area contributed by atoms with Crippen LogP contribution in [-0.2, 0) is 9.47 Å². The number of halogens is 2. The number of nitro groups is 1. The van der Waals surface area contributed by atoms with Crippen molar-refractivity contribution in [1.29, 1.82) is 0 Å². The Kier molecular flexibility index (Phi) is 12.6. The molecule has 0 aromatic heterocycles. The standard InChI is InChI=1S/C10H12ClNO4.C10H14ClNO2/c1-15-5-2-6-16-10-4-3-8(11)7-9(10)12(13)14;1-13-5-2-6-14-10-4-3-8(11)7-9(10)12/h3-4,7H,2,5-6H2,1H3;3-4,7H,2,5-6,12H2,1H3. The molecule has 166 valence electrons. The van der Waals surface area contributed by atoms with E-state index in [2.05, 4.69) is 0 Å². The van der Waals surface area contributed by atoms with Gasteiger partial charge in [-0.15, -0.1) is 0 Å². The van der Waals surface area contributed by atoms with Gasteiger partial charge < -0.3 is 24.7 Å². The first-order chi connectivity index (χ1) is 14.4. The van der Waals surface area contributed by atoms with E-state index < -0.39 is 4.92 Å². The lowest BCUT2D eigenvalue weighted by molar-refractivity contribution is -0.385. The highest BCUT2D eigenvalue weighted by atomic mass is 35.5. The van der Waals surface area contributed by atoms with E-state index in [4.69, 9.17) is 47.9 Å². The predicted molar refractivity (Wildman–Crippen MR) is 118 cm³/mol. The Hall–Kier alpha value is -2.26. The molecule has 2 N–H and O–H groups in total. The number of nitrogens with zero attached hydrogens (tertiary/aromatic N) is 1. The van der Waals surface area contributed by atoms with Gasteiger partial charge in [0.15, 0.2) is 5.75 Å². The zero-order chi connectivity index (χ0) is 22.4. The molecule has 0 saturated heterocycles. The van der Waals surface area contributed by atoms with E-state index in [9.17, 15) is 10.1 Å². The average Bonchev–Trinajstić information content (AvgIpc) is 2.71. The molecule has 10 heteroatoms. The summed E-state index contributed by atoms with van der Waals surface area (Å²) < 4.78 is 20.4. The van der Waals surface area contributed by atoms with Crippen LogP contribution in [0.2, 0.25) is 10.0 Å². The Morgan fingerprint density at radius 2 is 1.37 bits per heavy atom. The first kappa shape index (κ1) is 25.8. The number of hydrogen-bond acceptors (Lipinski definition) is 7. The topological polar surface area (TPSA) is 106 Å². The summed E-state index contributed by atoms with van der Waals surface area (Å²) in [6.45, 7) is 2.21.